The molecule has 0 unspecified atom stereocenters. The molecule has 27 heavy (non-hydrogen) atoms. The fourth-order valence-corrected chi connectivity index (χ4v) is 3.28. The molecule has 0 aliphatic carbocycles. The van der Waals surface area contributed by atoms with Gasteiger partial charge < -0.3 is 10.6 Å². The fourth-order valence-electron chi connectivity index (χ4n) is 3.28. The highest BCUT2D eigenvalue weighted by Gasteiger charge is 2.26. The summed E-state index contributed by atoms with van der Waals surface area (Å²) in [5, 5.41) is 6.35. The maximum Gasteiger partial charge on any atom is 0.155 e. The first kappa shape index (κ1) is 17.9. The third-order valence-corrected chi connectivity index (χ3v) is 4.98. The maximum atomic E-state index is 13.8. The molecular formula is C20H25FN6. The van der Waals surface area contributed by atoms with Crippen molar-refractivity contribution in [2.24, 2.45) is 5.92 Å². The second-order valence-corrected chi connectivity index (χ2v) is 8.12. The van der Waals surface area contributed by atoms with Gasteiger partial charge in [-0.25, -0.2) is 14.4 Å². The van der Waals surface area contributed by atoms with Crippen LogP contribution in [0.5, 0.6) is 0 Å². The van der Waals surface area contributed by atoms with E-state index in [2.05, 4.69) is 41.4 Å². The van der Waals surface area contributed by atoms with Crippen LogP contribution in [0.2, 0.25) is 0 Å². The predicted octanol–water partition coefficient (Wildman–Crippen LogP) is 3.06. The first-order valence-electron chi connectivity index (χ1n) is 9.31. The standard InChI is InChI=1S/C20H25FN6/c1-20(2,3)17-12-27-16(10-25-19(27)11-23-17)15-5-4-6-18(26-15)24-8-13-7-22-9-14(13)21/h4-6,10-14,22H,7-9H2,1-3H3,(H,24,26)/t13-,14+/m1/s1. The van der Waals surface area contributed by atoms with E-state index in [4.69, 9.17) is 4.98 Å². The van der Waals surface area contributed by atoms with Gasteiger partial charge in [-0.05, 0) is 12.1 Å². The molecule has 6 nitrogen and oxygen atoms in total. The van der Waals surface area contributed by atoms with E-state index in [9.17, 15) is 4.39 Å². The van der Waals surface area contributed by atoms with Crippen LogP contribution in [-0.2, 0) is 5.41 Å². The van der Waals surface area contributed by atoms with Crippen molar-refractivity contribution in [1.29, 1.82) is 0 Å². The lowest BCUT2D eigenvalue weighted by atomic mass is 9.93. The molecule has 4 rings (SSSR count). The van der Waals surface area contributed by atoms with Crippen LogP contribution in [-0.4, -0.2) is 45.2 Å². The lowest BCUT2D eigenvalue weighted by Crippen LogP contribution is -2.23. The number of anilines is 1. The van der Waals surface area contributed by atoms with Crippen LogP contribution in [0, 0.1) is 5.92 Å². The van der Waals surface area contributed by atoms with Gasteiger partial charge in [0, 0.05) is 37.2 Å². The molecule has 0 radical (unpaired) electrons. The minimum atomic E-state index is -0.803. The highest BCUT2D eigenvalue weighted by molar-refractivity contribution is 5.61. The summed E-state index contributed by atoms with van der Waals surface area (Å²) < 4.78 is 15.8. The molecule has 142 valence electrons. The number of imidazole rings is 1. The SMILES string of the molecule is CC(C)(C)c1cn2c(-c3cccc(NC[C@H]4CNC[C@@H]4F)n3)cnc2cn1. The highest BCUT2D eigenvalue weighted by Crippen LogP contribution is 2.24. The lowest BCUT2D eigenvalue weighted by Gasteiger charge is -2.17. The zero-order valence-electron chi connectivity index (χ0n) is 15.9. The average molecular weight is 368 g/mol. The Morgan fingerprint density at radius 2 is 2.07 bits per heavy atom. The molecule has 4 heterocycles. The topological polar surface area (TPSA) is 67.1 Å². The van der Waals surface area contributed by atoms with Crippen molar-refractivity contribution in [2.75, 3.05) is 25.0 Å². The largest absolute Gasteiger partial charge is 0.370 e. The quantitative estimate of drug-likeness (QED) is 0.741. The molecule has 3 aromatic heterocycles. The molecule has 2 atom stereocenters. The van der Waals surface area contributed by atoms with E-state index in [1.54, 1.807) is 6.20 Å². The predicted molar refractivity (Wildman–Crippen MR) is 105 cm³/mol. The second-order valence-electron chi connectivity index (χ2n) is 8.12. The van der Waals surface area contributed by atoms with Gasteiger partial charge in [0.1, 0.15) is 12.0 Å². The monoisotopic (exact) mass is 368 g/mol. The van der Waals surface area contributed by atoms with Gasteiger partial charge in [0.2, 0.25) is 0 Å². The van der Waals surface area contributed by atoms with E-state index in [-0.39, 0.29) is 11.3 Å². The van der Waals surface area contributed by atoms with Crippen molar-refractivity contribution in [3.05, 3.63) is 42.5 Å². The number of nitrogens with one attached hydrogen (secondary N) is 2. The van der Waals surface area contributed by atoms with E-state index in [1.165, 1.54) is 0 Å². The van der Waals surface area contributed by atoms with Gasteiger partial charge in [0.05, 0.1) is 29.5 Å². The first-order chi connectivity index (χ1) is 12.9. The zero-order valence-corrected chi connectivity index (χ0v) is 15.9. The van der Waals surface area contributed by atoms with Gasteiger partial charge in [-0.15, -0.1) is 0 Å². The Bertz CT molecular complexity index is 945. The van der Waals surface area contributed by atoms with Crippen molar-refractivity contribution < 1.29 is 4.39 Å². The number of rotatable bonds is 4. The Morgan fingerprint density at radius 1 is 1.22 bits per heavy atom. The van der Waals surface area contributed by atoms with E-state index >= 15 is 0 Å². The summed E-state index contributed by atoms with van der Waals surface area (Å²) in [6.45, 7) is 8.11. The van der Waals surface area contributed by atoms with Crippen LogP contribution in [0.4, 0.5) is 10.2 Å². The molecule has 1 aliphatic heterocycles. The third kappa shape index (κ3) is 3.64. The average Bonchev–Trinajstić information content (AvgIpc) is 3.25. The van der Waals surface area contributed by atoms with Crippen molar-refractivity contribution in [2.45, 2.75) is 32.4 Å². The molecule has 1 aliphatic rings. The molecule has 0 spiro atoms. The van der Waals surface area contributed by atoms with Gasteiger partial charge in [0.25, 0.3) is 0 Å². The first-order valence-corrected chi connectivity index (χ1v) is 9.31. The molecule has 0 amide bonds. The van der Waals surface area contributed by atoms with Crippen molar-refractivity contribution in [3.8, 4) is 11.4 Å². The van der Waals surface area contributed by atoms with Gasteiger partial charge >= 0.3 is 0 Å². The van der Waals surface area contributed by atoms with Crippen LogP contribution >= 0.6 is 0 Å². The van der Waals surface area contributed by atoms with Crippen LogP contribution in [0.3, 0.4) is 0 Å². The lowest BCUT2D eigenvalue weighted by molar-refractivity contribution is 0.292. The molecule has 1 fully saturated rings. The van der Waals surface area contributed by atoms with Gasteiger partial charge in [-0.3, -0.25) is 9.38 Å². The van der Waals surface area contributed by atoms with Crippen molar-refractivity contribution in [1.82, 2.24) is 24.7 Å². The molecule has 0 bridgehead atoms. The van der Waals surface area contributed by atoms with Gasteiger partial charge in [-0.1, -0.05) is 26.8 Å². The highest BCUT2D eigenvalue weighted by atomic mass is 19.1. The van der Waals surface area contributed by atoms with Crippen LogP contribution in [0.25, 0.3) is 17.0 Å². The summed E-state index contributed by atoms with van der Waals surface area (Å²) in [6, 6.07) is 5.82. The van der Waals surface area contributed by atoms with Crippen molar-refractivity contribution >= 4 is 11.5 Å². The number of hydrogen-bond donors (Lipinski definition) is 2. The molecule has 7 heteroatoms. The van der Waals surface area contributed by atoms with E-state index in [0.717, 1.165) is 28.5 Å². The van der Waals surface area contributed by atoms with Crippen molar-refractivity contribution in [3.63, 3.8) is 0 Å². The number of fused-ring (bicyclic) bond motifs is 1. The number of halogens is 1. The summed E-state index contributed by atoms with van der Waals surface area (Å²) in [7, 11) is 0. The van der Waals surface area contributed by atoms with E-state index < -0.39 is 6.17 Å². The molecular weight excluding hydrogens is 343 g/mol. The molecule has 2 N–H and O–H groups in total. The zero-order chi connectivity index (χ0) is 19.0. The van der Waals surface area contributed by atoms with Crippen LogP contribution < -0.4 is 10.6 Å². The smallest absolute Gasteiger partial charge is 0.155 e. The van der Waals surface area contributed by atoms with Gasteiger partial charge in [-0.2, -0.15) is 0 Å². The van der Waals surface area contributed by atoms with Gasteiger partial charge in [0.15, 0.2) is 5.65 Å². The summed E-state index contributed by atoms with van der Waals surface area (Å²) >= 11 is 0. The van der Waals surface area contributed by atoms with Crippen LogP contribution in [0.15, 0.2) is 36.8 Å². The Hall–Kier alpha value is -2.54. The number of nitrogens with zero attached hydrogens (tertiary/aromatic N) is 4. The number of aromatic nitrogens is 4. The molecule has 0 saturated carbocycles. The Labute approximate surface area is 158 Å². The van der Waals surface area contributed by atoms with Crippen LogP contribution in [0.1, 0.15) is 26.5 Å². The molecule has 3 aromatic rings. The summed E-state index contributed by atoms with van der Waals surface area (Å²) in [5.74, 6) is 0.721. The normalized spacial score (nSPS) is 20.3. The number of pyridine rings is 1. The van der Waals surface area contributed by atoms with E-state index in [0.29, 0.717) is 19.6 Å². The third-order valence-electron chi connectivity index (χ3n) is 4.98. The number of alkyl halides is 1. The number of hydrogen-bond acceptors (Lipinski definition) is 5. The summed E-state index contributed by atoms with van der Waals surface area (Å²) in [6.07, 6.45) is 4.83. The molecule has 1 saturated heterocycles. The fraction of sp³-hybridized carbons (Fsp3) is 0.450. The minimum absolute atomic E-state index is 0.0216. The maximum absolute atomic E-state index is 13.8. The summed E-state index contributed by atoms with van der Waals surface area (Å²) in [5.41, 5.74) is 3.46. The second kappa shape index (κ2) is 6.88. The minimum Gasteiger partial charge on any atom is -0.370 e. The Morgan fingerprint density at radius 3 is 2.81 bits per heavy atom. The molecule has 0 aromatic carbocycles. The van der Waals surface area contributed by atoms with E-state index in [1.807, 2.05) is 35.0 Å². The Kier molecular flexibility index (Phi) is 4.55. The summed E-state index contributed by atoms with van der Waals surface area (Å²) in [4.78, 5) is 13.7. The Balaban J connectivity index is 1.61.